The van der Waals surface area contributed by atoms with Gasteiger partial charge >= 0.3 is 0 Å². The first-order chi connectivity index (χ1) is 10.8. The Kier molecular flexibility index (Phi) is 6.09. The first-order valence-corrected chi connectivity index (χ1v) is 9.72. The Bertz CT molecular complexity index is 753. The Hall–Kier alpha value is -1.07. The van der Waals surface area contributed by atoms with E-state index in [1.165, 1.54) is 0 Å². The summed E-state index contributed by atoms with van der Waals surface area (Å²) in [6, 6.07) is 12.5. The molecule has 0 unspecified atom stereocenters. The zero-order valence-corrected chi connectivity index (χ0v) is 15.3. The molecule has 0 radical (unpaired) electrons. The van der Waals surface area contributed by atoms with Crippen LogP contribution >= 0.6 is 23.2 Å². The van der Waals surface area contributed by atoms with E-state index in [0.717, 1.165) is 11.1 Å². The van der Waals surface area contributed by atoms with E-state index in [4.69, 9.17) is 23.2 Å². The molecule has 1 atom stereocenters. The number of rotatable bonds is 6. The molecule has 0 aliphatic heterocycles. The van der Waals surface area contributed by atoms with Gasteiger partial charge in [-0.15, -0.1) is 0 Å². The summed E-state index contributed by atoms with van der Waals surface area (Å²) in [6.45, 7) is 3.93. The normalized spacial score (nSPS) is 13.0. The zero-order chi connectivity index (χ0) is 17.0. The second-order valence-corrected chi connectivity index (χ2v) is 8.02. The van der Waals surface area contributed by atoms with Crippen molar-refractivity contribution < 1.29 is 8.42 Å². The molecule has 2 rings (SSSR count). The SMILES string of the molecule is CC[C@H](NS(=O)(=O)Cc1c(Cl)cccc1Cl)c1ccc(C)cc1. The molecular weight excluding hydrogens is 353 g/mol. The Morgan fingerprint density at radius 1 is 1.04 bits per heavy atom. The lowest BCUT2D eigenvalue weighted by Crippen LogP contribution is -2.29. The van der Waals surface area contributed by atoms with Crippen molar-refractivity contribution in [3.8, 4) is 0 Å². The number of hydrogen-bond donors (Lipinski definition) is 1. The lowest BCUT2D eigenvalue weighted by Gasteiger charge is -2.18. The fourth-order valence-electron chi connectivity index (χ4n) is 2.30. The fourth-order valence-corrected chi connectivity index (χ4v) is 4.50. The van der Waals surface area contributed by atoms with Crippen molar-refractivity contribution in [1.29, 1.82) is 0 Å². The zero-order valence-electron chi connectivity index (χ0n) is 13.0. The molecule has 0 aliphatic carbocycles. The summed E-state index contributed by atoms with van der Waals surface area (Å²) in [7, 11) is -3.57. The van der Waals surface area contributed by atoms with Crippen molar-refractivity contribution in [3.63, 3.8) is 0 Å². The smallest absolute Gasteiger partial charge is 0.212 e. The van der Waals surface area contributed by atoms with Crippen LogP contribution in [0.2, 0.25) is 10.0 Å². The molecule has 0 heterocycles. The summed E-state index contributed by atoms with van der Waals surface area (Å²) < 4.78 is 27.7. The van der Waals surface area contributed by atoms with Crippen LogP contribution in [0.5, 0.6) is 0 Å². The molecular formula is C17H19Cl2NO2S. The van der Waals surface area contributed by atoms with Gasteiger partial charge in [-0.2, -0.15) is 0 Å². The van der Waals surface area contributed by atoms with E-state index in [0.29, 0.717) is 22.0 Å². The van der Waals surface area contributed by atoms with Crippen molar-refractivity contribution in [2.75, 3.05) is 0 Å². The molecule has 124 valence electrons. The van der Waals surface area contributed by atoms with Crippen LogP contribution in [-0.4, -0.2) is 8.42 Å². The summed E-state index contributed by atoms with van der Waals surface area (Å²) in [5, 5.41) is 0.706. The molecule has 0 amide bonds. The van der Waals surface area contributed by atoms with Gasteiger partial charge in [0.1, 0.15) is 0 Å². The predicted molar refractivity (Wildman–Crippen MR) is 96.4 cm³/mol. The molecule has 0 saturated heterocycles. The van der Waals surface area contributed by atoms with Gasteiger partial charge in [0.2, 0.25) is 10.0 Å². The molecule has 2 aromatic carbocycles. The van der Waals surface area contributed by atoms with E-state index in [1.54, 1.807) is 18.2 Å². The molecule has 2 aromatic rings. The summed E-state index contributed by atoms with van der Waals surface area (Å²) in [4.78, 5) is 0. The topological polar surface area (TPSA) is 46.2 Å². The van der Waals surface area contributed by atoms with E-state index in [-0.39, 0.29) is 11.8 Å². The van der Waals surface area contributed by atoms with Gasteiger partial charge in [-0.05, 0) is 31.0 Å². The quantitative estimate of drug-likeness (QED) is 0.786. The average molecular weight is 372 g/mol. The van der Waals surface area contributed by atoms with Crippen LogP contribution in [0.4, 0.5) is 0 Å². The third-order valence-corrected chi connectivity index (χ3v) is 5.63. The number of halogens is 2. The monoisotopic (exact) mass is 371 g/mol. The molecule has 0 bridgehead atoms. The summed E-state index contributed by atoms with van der Waals surface area (Å²) >= 11 is 12.1. The van der Waals surface area contributed by atoms with Gasteiger partial charge in [-0.3, -0.25) is 0 Å². The second kappa shape index (κ2) is 7.67. The Morgan fingerprint density at radius 2 is 1.61 bits per heavy atom. The first kappa shape index (κ1) is 18.3. The van der Waals surface area contributed by atoms with Gasteiger partial charge in [-0.1, -0.05) is 66.0 Å². The van der Waals surface area contributed by atoms with Crippen LogP contribution in [0.15, 0.2) is 42.5 Å². The number of benzene rings is 2. The molecule has 0 aliphatic rings. The van der Waals surface area contributed by atoms with E-state index >= 15 is 0 Å². The lowest BCUT2D eigenvalue weighted by atomic mass is 10.0. The van der Waals surface area contributed by atoms with Crippen molar-refractivity contribution in [1.82, 2.24) is 4.72 Å². The largest absolute Gasteiger partial charge is 0.216 e. The van der Waals surface area contributed by atoms with E-state index in [1.807, 2.05) is 38.1 Å². The van der Waals surface area contributed by atoms with Crippen molar-refractivity contribution in [2.24, 2.45) is 0 Å². The number of hydrogen-bond acceptors (Lipinski definition) is 2. The third kappa shape index (κ3) is 4.95. The Morgan fingerprint density at radius 3 is 2.13 bits per heavy atom. The highest BCUT2D eigenvalue weighted by molar-refractivity contribution is 7.88. The fraction of sp³-hybridized carbons (Fsp3) is 0.294. The predicted octanol–water partition coefficient (Wildman–Crippen LogP) is 4.87. The van der Waals surface area contributed by atoms with E-state index in [2.05, 4.69) is 4.72 Å². The molecule has 6 heteroatoms. The molecule has 3 nitrogen and oxygen atoms in total. The Balaban J connectivity index is 2.20. The van der Waals surface area contributed by atoms with Crippen LogP contribution in [0.3, 0.4) is 0 Å². The van der Waals surface area contributed by atoms with Crippen LogP contribution in [0, 0.1) is 6.92 Å². The molecule has 1 N–H and O–H groups in total. The minimum Gasteiger partial charge on any atom is -0.212 e. The molecule has 0 aromatic heterocycles. The average Bonchev–Trinajstić information content (AvgIpc) is 2.50. The summed E-state index contributed by atoms with van der Waals surface area (Å²) in [5.41, 5.74) is 2.49. The van der Waals surface area contributed by atoms with Crippen molar-refractivity contribution in [2.45, 2.75) is 32.1 Å². The van der Waals surface area contributed by atoms with Gasteiger partial charge in [0.25, 0.3) is 0 Å². The molecule has 0 spiro atoms. The van der Waals surface area contributed by atoms with Gasteiger partial charge < -0.3 is 0 Å². The number of nitrogens with one attached hydrogen (secondary N) is 1. The third-order valence-electron chi connectivity index (χ3n) is 3.61. The van der Waals surface area contributed by atoms with Crippen LogP contribution in [0.25, 0.3) is 0 Å². The highest BCUT2D eigenvalue weighted by Crippen LogP contribution is 2.27. The lowest BCUT2D eigenvalue weighted by molar-refractivity contribution is 0.549. The summed E-state index contributed by atoms with van der Waals surface area (Å²) in [5.74, 6) is -0.242. The second-order valence-electron chi connectivity index (χ2n) is 5.45. The minimum absolute atomic E-state index is 0.242. The first-order valence-electron chi connectivity index (χ1n) is 7.32. The molecule has 0 fully saturated rings. The highest BCUT2D eigenvalue weighted by Gasteiger charge is 2.21. The van der Waals surface area contributed by atoms with Crippen molar-refractivity contribution in [3.05, 3.63) is 69.2 Å². The van der Waals surface area contributed by atoms with Crippen LogP contribution in [0.1, 0.15) is 36.1 Å². The van der Waals surface area contributed by atoms with Crippen LogP contribution in [-0.2, 0) is 15.8 Å². The maximum absolute atomic E-state index is 12.5. The van der Waals surface area contributed by atoms with Crippen LogP contribution < -0.4 is 4.72 Å². The number of sulfonamides is 1. The minimum atomic E-state index is -3.57. The van der Waals surface area contributed by atoms with E-state index < -0.39 is 10.0 Å². The highest BCUT2D eigenvalue weighted by atomic mass is 35.5. The standard InChI is InChI=1S/C17H19Cl2NO2S/c1-3-17(13-9-7-12(2)8-10-13)20-23(21,22)11-14-15(18)5-4-6-16(14)19/h4-10,17,20H,3,11H2,1-2H3/t17-/m0/s1. The molecule has 23 heavy (non-hydrogen) atoms. The van der Waals surface area contributed by atoms with Gasteiger partial charge in [-0.25, -0.2) is 13.1 Å². The van der Waals surface area contributed by atoms with Gasteiger partial charge in [0.05, 0.1) is 5.75 Å². The maximum atomic E-state index is 12.5. The summed E-state index contributed by atoms with van der Waals surface area (Å²) in [6.07, 6.45) is 0.651. The molecule has 0 saturated carbocycles. The van der Waals surface area contributed by atoms with Gasteiger partial charge in [0, 0.05) is 21.7 Å². The maximum Gasteiger partial charge on any atom is 0.216 e. The van der Waals surface area contributed by atoms with E-state index in [9.17, 15) is 8.42 Å². The van der Waals surface area contributed by atoms with Crippen molar-refractivity contribution >= 4 is 33.2 Å². The Labute approximate surface area is 147 Å². The van der Waals surface area contributed by atoms with Gasteiger partial charge in [0.15, 0.2) is 0 Å². The number of aryl methyl sites for hydroxylation is 1.